The first-order valence-electron chi connectivity index (χ1n) is 6.03. The Morgan fingerprint density at radius 3 is 2.70 bits per heavy atom. The molecule has 0 aliphatic heterocycles. The molecule has 0 amide bonds. The van der Waals surface area contributed by atoms with Crippen molar-refractivity contribution in [1.29, 1.82) is 5.26 Å². The van der Waals surface area contributed by atoms with E-state index in [-0.39, 0.29) is 5.57 Å². The van der Waals surface area contributed by atoms with Crippen molar-refractivity contribution in [1.82, 2.24) is 4.98 Å². The van der Waals surface area contributed by atoms with Gasteiger partial charge >= 0.3 is 0 Å². The Kier molecular flexibility index (Phi) is 3.76. The molecule has 2 nitrogen and oxygen atoms in total. The minimum Gasteiger partial charge on any atom is -0.361 e. The van der Waals surface area contributed by atoms with E-state index >= 15 is 0 Å². The van der Waals surface area contributed by atoms with Crippen molar-refractivity contribution in [2.24, 2.45) is 0 Å². The van der Waals surface area contributed by atoms with E-state index in [2.05, 4.69) is 16.8 Å². The summed E-state index contributed by atoms with van der Waals surface area (Å²) < 4.78 is 0. The summed E-state index contributed by atoms with van der Waals surface area (Å²) in [6.45, 7) is 1.76. The van der Waals surface area contributed by atoms with Crippen LogP contribution in [0.25, 0.3) is 17.0 Å². The van der Waals surface area contributed by atoms with E-state index < -0.39 is 0 Å². The van der Waals surface area contributed by atoms with Gasteiger partial charge in [0.1, 0.15) is 11.6 Å². The SMILES string of the molecule is C#CC(=C\c1ccc2[nH]ccc2c1)/C(C)=C(\C#C)C#N. The summed E-state index contributed by atoms with van der Waals surface area (Å²) in [5.41, 5.74) is 3.56. The lowest BCUT2D eigenvalue weighted by atomic mass is 10.00. The van der Waals surface area contributed by atoms with Crippen LogP contribution in [0.5, 0.6) is 0 Å². The molecule has 0 spiro atoms. The van der Waals surface area contributed by atoms with Gasteiger partial charge in [-0.15, -0.1) is 12.8 Å². The lowest BCUT2D eigenvalue weighted by Crippen LogP contribution is -1.88. The molecule has 0 aliphatic carbocycles. The molecular weight excluding hydrogens is 244 g/mol. The third-order valence-corrected chi connectivity index (χ3v) is 3.08. The Morgan fingerprint density at radius 1 is 1.25 bits per heavy atom. The third-order valence-electron chi connectivity index (χ3n) is 3.08. The van der Waals surface area contributed by atoms with E-state index in [1.54, 1.807) is 6.92 Å². The van der Waals surface area contributed by atoms with E-state index in [9.17, 15) is 0 Å². The highest BCUT2D eigenvalue weighted by Crippen LogP contribution is 2.20. The second-order valence-electron chi connectivity index (χ2n) is 4.28. The molecule has 0 saturated carbocycles. The Bertz CT molecular complexity index is 824. The predicted molar refractivity (Wildman–Crippen MR) is 82.3 cm³/mol. The van der Waals surface area contributed by atoms with Crippen LogP contribution >= 0.6 is 0 Å². The molecule has 0 fully saturated rings. The Balaban J connectivity index is 2.52. The molecule has 1 aromatic carbocycles. The number of hydrogen-bond donors (Lipinski definition) is 1. The molecule has 0 bridgehead atoms. The summed E-state index contributed by atoms with van der Waals surface area (Å²) in [4.78, 5) is 3.13. The number of nitrogens with zero attached hydrogens (tertiary/aromatic N) is 1. The van der Waals surface area contributed by atoms with E-state index in [1.165, 1.54) is 0 Å². The Labute approximate surface area is 118 Å². The third kappa shape index (κ3) is 2.49. The molecule has 20 heavy (non-hydrogen) atoms. The fourth-order valence-electron chi connectivity index (χ4n) is 1.95. The van der Waals surface area contributed by atoms with Gasteiger partial charge in [0, 0.05) is 17.3 Å². The number of H-pyrrole nitrogens is 1. The van der Waals surface area contributed by atoms with Crippen LogP contribution in [0.4, 0.5) is 0 Å². The number of benzene rings is 1. The van der Waals surface area contributed by atoms with Crippen molar-refractivity contribution in [2.45, 2.75) is 6.92 Å². The van der Waals surface area contributed by atoms with Gasteiger partial charge in [-0.05, 0) is 47.7 Å². The summed E-state index contributed by atoms with van der Waals surface area (Å²) in [6, 6.07) is 9.95. The minimum absolute atomic E-state index is 0.261. The number of nitriles is 1. The standard InChI is InChI=1S/C18H12N2/c1-4-15(13(3)16(5-2)12-19)10-14-6-7-18-17(11-14)8-9-20-18/h1-2,6-11,20H,3H3/b15-10+,16-13+. The first-order valence-corrected chi connectivity index (χ1v) is 6.03. The second-order valence-corrected chi connectivity index (χ2v) is 4.28. The molecule has 1 N–H and O–H groups in total. The van der Waals surface area contributed by atoms with Crippen molar-refractivity contribution < 1.29 is 0 Å². The van der Waals surface area contributed by atoms with E-state index in [0.29, 0.717) is 11.1 Å². The highest BCUT2D eigenvalue weighted by molar-refractivity contribution is 5.83. The zero-order valence-electron chi connectivity index (χ0n) is 11.1. The normalized spacial score (nSPS) is 12.2. The average Bonchev–Trinajstić information content (AvgIpc) is 2.93. The summed E-state index contributed by atoms with van der Waals surface area (Å²) in [5.74, 6) is 4.94. The van der Waals surface area contributed by atoms with Crippen molar-refractivity contribution in [3.05, 3.63) is 52.7 Å². The minimum atomic E-state index is 0.261. The molecule has 1 aromatic heterocycles. The predicted octanol–water partition coefficient (Wildman–Crippen LogP) is 3.66. The van der Waals surface area contributed by atoms with Gasteiger partial charge in [-0.2, -0.15) is 5.26 Å². The van der Waals surface area contributed by atoms with Crippen LogP contribution < -0.4 is 0 Å². The first kappa shape index (κ1) is 13.3. The van der Waals surface area contributed by atoms with Crippen LogP contribution in [-0.4, -0.2) is 4.98 Å². The summed E-state index contributed by atoms with van der Waals surface area (Å²) in [7, 11) is 0. The van der Waals surface area contributed by atoms with Crippen LogP contribution in [0.15, 0.2) is 47.2 Å². The molecule has 0 aliphatic rings. The molecular formula is C18H12N2. The number of nitrogens with one attached hydrogen (secondary N) is 1. The van der Waals surface area contributed by atoms with Gasteiger partial charge in [0.15, 0.2) is 0 Å². The van der Waals surface area contributed by atoms with Crippen molar-refractivity contribution in [2.75, 3.05) is 0 Å². The molecule has 0 saturated heterocycles. The molecule has 2 heteroatoms. The Hall–Kier alpha value is -3.15. The number of rotatable bonds is 2. The van der Waals surface area contributed by atoms with Gasteiger partial charge in [0.05, 0.1) is 0 Å². The van der Waals surface area contributed by atoms with Crippen LogP contribution in [0, 0.1) is 36.0 Å². The lowest BCUT2D eigenvalue weighted by molar-refractivity contribution is 1.41. The second kappa shape index (κ2) is 5.66. The molecule has 0 radical (unpaired) electrons. The van der Waals surface area contributed by atoms with Gasteiger partial charge in [0.25, 0.3) is 0 Å². The van der Waals surface area contributed by atoms with Gasteiger partial charge in [-0.3, -0.25) is 0 Å². The zero-order chi connectivity index (χ0) is 14.5. The van der Waals surface area contributed by atoms with Crippen molar-refractivity contribution in [3.63, 3.8) is 0 Å². The van der Waals surface area contributed by atoms with Gasteiger partial charge in [-0.1, -0.05) is 17.9 Å². The summed E-state index contributed by atoms with van der Waals surface area (Å²) in [6.07, 6.45) is 14.6. The number of terminal acetylenes is 2. The number of allylic oxidation sites excluding steroid dienone is 3. The smallest absolute Gasteiger partial charge is 0.109 e. The van der Waals surface area contributed by atoms with Crippen LogP contribution in [-0.2, 0) is 0 Å². The Morgan fingerprint density at radius 2 is 2.05 bits per heavy atom. The maximum absolute atomic E-state index is 8.97. The van der Waals surface area contributed by atoms with Crippen LogP contribution in [0.2, 0.25) is 0 Å². The fourth-order valence-corrected chi connectivity index (χ4v) is 1.95. The highest BCUT2D eigenvalue weighted by atomic mass is 14.7. The van der Waals surface area contributed by atoms with E-state index in [1.807, 2.05) is 42.6 Å². The fraction of sp³-hybridized carbons (Fsp3) is 0.0556. The molecule has 2 rings (SSSR count). The van der Waals surface area contributed by atoms with Gasteiger partial charge in [-0.25, -0.2) is 0 Å². The molecule has 2 aromatic rings. The largest absolute Gasteiger partial charge is 0.361 e. The number of hydrogen-bond acceptors (Lipinski definition) is 1. The molecule has 1 heterocycles. The molecule has 0 atom stereocenters. The van der Waals surface area contributed by atoms with Crippen molar-refractivity contribution >= 4 is 17.0 Å². The first-order chi connectivity index (χ1) is 9.69. The maximum Gasteiger partial charge on any atom is 0.109 e. The zero-order valence-corrected chi connectivity index (χ0v) is 11.1. The topological polar surface area (TPSA) is 39.6 Å². The number of aromatic amines is 1. The quantitative estimate of drug-likeness (QED) is 0.497. The van der Waals surface area contributed by atoms with Crippen LogP contribution in [0.1, 0.15) is 12.5 Å². The number of aromatic nitrogens is 1. The lowest BCUT2D eigenvalue weighted by Gasteiger charge is -2.02. The monoisotopic (exact) mass is 256 g/mol. The van der Waals surface area contributed by atoms with Crippen LogP contribution in [0.3, 0.4) is 0 Å². The van der Waals surface area contributed by atoms with Gasteiger partial charge < -0.3 is 4.98 Å². The summed E-state index contributed by atoms with van der Waals surface area (Å²) >= 11 is 0. The van der Waals surface area contributed by atoms with Gasteiger partial charge in [0.2, 0.25) is 0 Å². The molecule has 0 unspecified atom stereocenters. The highest BCUT2D eigenvalue weighted by Gasteiger charge is 2.04. The summed E-state index contributed by atoms with van der Waals surface area (Å²) in [5, 5.41) is 10.1. The van der Waals surface area contributed by atoms with Crippen molar-refractivity contribution in [3.8, 4) is 30.8 Å². The van der Waals surface area contributed by atoms with E-state index in [4.69, 9.17) is 18.1 Å². The maximum atomic E-state index is 8.97. The average molecular weight is 256 g/mol. The van der Waals surface area contributed by atoms with E-state index in [0.717, 1.165) is 16.5 Å². The molecule has 94 valence electrons. The number of fused-ring (bicyclic) bond motifs is 1.